The number of carboxylic acids is 1. The molecule has 2 aromatic rings. The van der Waals surface area contributed by atoms with Crippen molar-refractivity contribution in [1.82, 2.24) is 4.98 Å². The summed E-state index contributed by atoms with van der Waals surface area (Å²) in [5.41, 5.74) is 0.573. The van der Waals surface area contributed by atoms with E-state index in [-0.39, 0.29) is 16.5 Å². The van der Waals surface area contributed by atoms with E-state index in [1.807, 2.05) is 0 Å². The van der Waals surface area contributed by atoms with Crippen LogP contribution in [0.5, 0.6) is 5.75 Å². The third-order valence-corrected chi connectivity index (χ3v) is 3.00. The van der Waals surface area contributed by atoms with Crippen LogP contribution in [0.4, 0.5) is 11.5 Å². The number of hydrogen-bond donors (Lipinski definition) is 2. The Balaban J connectivity index is 2.36. The third-order valence-electron chi connectivity index (χ3n) is 2.48. The molecule has 0 aliphatic heterocycles. The van der Waals surface area contributed by atoms with E-state index in [1.54, 1.807) is 18.2 Å². The Morgan fingerprint density at radius 3 is 2.70 bits per heavy atom. The van der Waals surface area contributed by atoms with Gasteiger partial charge < -0.3 is 15.2 Å². The van der Waals surface area contributed by atoms with Gasteiger partial charge in [0, 0.05) is 6.07 Å². The molecule has 0 unspecified atom stereocenters. The van der Waals surface area contributed by atoms with Gasteiger partial charge >= 0.3 is 5.97 Å². The minimum absolute atomic E-state index is 0.0338. The van der Waals surface area contributed by atoms with Gasteiger partial charge in [-0.05, 0) is 24.3 Å². The second-order valence-corrected chi connectivity index (χ2v) is 4.63. The fraction of sp³-hybridized carbons (Fsp3) is 0.0769. The SMILES string of the molecule is COc1ccc(Cl)c(Nc2cc(C(=O)O)cc(Cl)n2)c1. The van der Waals surface area contributed by atoms with Crippen LogP contribution in [-0.4, -0.2) is 23.2 Å². The topological polar surface area (TPSA) is 71.5 Å². The molecule has 1 aromatic carbocycles. The monoisotopic (exact) mass is 312 g/mol. The molecule has 0 fully saturated rings. The molecule has 0 aliphatic rings. The van der Waals surface area contributed by atoms with E-state index in [4.69, 9.17) is 33.0 Å². The fourth-order valence-electron chi connectivity index (χ4n) is 1.55. The standard InChI is InChI=1S/C13H10Cl2N2O3/c1-20-8-2-3-9(14)10(6-8)16-12-5-7(13(18)19)4-11(15)17-12/h2-6H,1H3,(H,16,17)(H,18,19). The van der Waals surface area contributed by atoms with Crippen LogP contribution in [0, 0.1) is 0 Å². The van der Waals surface area contributed by atoms with Crippen molar-refractivity contribution in [1.29, 1.82) is 0 Å². The van der Waals surface area contributed by atoms with Crippen LogP contribution in [0.25, 0.3) is 0 Å². The first kappa shape index (κ1) is 14.4. The first-order valence-electron chi connectivity index (χ1n) is 5.51. The number of nitrogens with one attached hydrogen (secondary N) is 1. The van der Waals surface area contributed by atoms with Crippen LogP contribution in [0.3, 0.4) is 0 Å². The summed E-state index contributed by atoms with van der Waals surface area (Å²) in [4.78, 5) is 15.0. The summed E-state index contributed by atoms with van der Waals surface area (Å²) in [5, 5.41) is 12.4. The molecule has 2 N–H and O–H groups in total. The lowest BCUT2D eigenvalue weighted by molar-refractivity contribution is 0.0697. The molecule has 0 atom stereocenters. The van der Waals surface area contributed by atoms with Gasteiger partial charge in [0.2, 0.25) is 0 Å². The second kappa shape index (κ2) is 5.98. The smallest absolute Gasteiger partial charge is 0.335 e. The van der Waals surface area contributed by atoms with Gasteiger partial charge in [-0.2, -0.15) is 0 Å². The number of carbonyl (C=O) groups is 1. The molecular formula is C13H10Cl2N2O3. The molecule has 0 radical (unpaired) electrons. The van der Waals surface area contributed by atoms with E-state index >= 15 is 0 Å². The van der Waals surface area contributed by atoms with Crippen LogP contribution in [0.1, 0.15) is 10.4 Å². The number of aromatic nitrogens is 1. The number of hydrogen-bond acceptors (Lipinski definition) is 4. The Labute approximate surface area is 125 Å². The number of benzene rings is 1. The largest absolute Gasteiger partial charge is 0.497 e. The van der Waals surface area contributed by atoms with Crippen LogP contribution in [0.2, 0.25) is 10.2 Å². The Bertz CT molecular complexity index is 662. The lowest BCUT2D eigenvalue weighted by Crippen LogP contribution is -2.01. The first-order chi connectivity index (χ1) is 9.49. The van der Waals surface area contributed by atoms with Crippen LogP contribution in [-0.2, 0) is 0 Å². The Morgan fingerprint density at radius 2 is 2.05 bits per heavy atom. The predicted molar refractivity (Wildman–Crippen MR) is 77.5 cm³/mol. The van der Waals surface area contributed by atoms with Crippen molar-refractivity contribution >= 4 is 40.7 Å². The number of nitrogens with zero attached hydrogens (tertiary/aromatic N) is 1. The average molecular weight is 313 g/mol. The van der Waals surface area contributed by atoms with E-state index in [2.05, 4.69) is 10.3 Å². The van der Waals surface area contributed by atoms with Gasteiger partial charge in [-0.3, -0.25) is 0 Å². The molecule has 104 valence electrons. The number of aromatic carboxylic acids is 1. The molecule has 0 saturated carbocycles. The van der Waals surface area contributed by atoms with Crippen molar-refractivity contribution in [3.8, 4) is 5.75 Å². The highest BCUT2D eigenvalue weighted by Gasteiger charge is 2.09. The zero-order chi connectivity index (χ0) is 14.7. The summed E-state index contributed by atoms with van der Waals surface area (Å²) < 4.78 is 5.09. The molecule has 2 rings (SSSR count). The molecule has 7 heteroatoms. The molecule has 0 bridgehead atoms. The lowest BCUT2D eigenvalue weighted by Gasteiger charge is -2.10. The van der Waals surface area contributed by atoms with E-state index < -0.39 is 5.97 Å². The molecule has 0 amide bonds. The first-order valence-corrected chi connectivity index (χ1v) is 6.26. The van der Waals surface area contributed by atoms with Crippen molar-refractivity contribution in [2.75, 3.05) is 12.4 Å². The van der Waals surface area contributed by atoms with E-state index in [0.717, 1.165) is 0 Å². The maximum absolute atomic E-state index is 11.0. The van der Waals surface area contributed by atoms with Crippen molar-refractivity contribution in [2.45, 2.75) is 0 Å². The zero-order valence-electron chi connectivity index (χ0n) is 10.4. The predicted octanol–water partition coefficient (Wildman–Crippen LogP) is 3.84. The number of anilines is 2. The summed E-state index contributed by atoms with van der Waals surface area (Å²) >= 11 is 11.8. The Morgan fingerprint density at radius 1 is 1.30 bits per heavy atom. The summed E-state index contributed by atoms with van der Waals surface area (Å²) in [6.45, 7) is 0. The van der Waals surface area contributed by atoms with Gasteiger partial charge in [0.15, 0.2) is 0 Å². The van der Waals surface area contributed by atoms with Gasteiger partial charge in [-0.1, -0.05) is 23.2 Å². The van der Waals surface area contributed by atoms with Gasteiger partial charge in [-0.15, -0.1) is 0 Å². The van der Waals surface area contributed by atoms with Crippen molar-refractivity contribution in [2.24, 2.45) is 0 Å². The quantitative estimate of drug-likeness (QED) is 0.839. The van der Waals surface area contributed by atoms with Gasteiger partial charge in [0.05, 0.1) is 23.4 Å². The summed E-state index contributed by atoms with van der Waals surface area (Å²) in [6, 6.07) is 7.67. The molecule has 20 heavy (non-hydrogen) atoms. The number of carboxylic acid groups (broad SMARTS) is 1. The normalized spacial score (nSPS) is 10.2. The highest BCUT2D eigenvalue weighted by atomic mass is 35.5. The number of methoxy groups -OCH3 is 1. The van der Waals surface area contributed by atoms with Gasteiger partial charge in [0.25, 0.3) is 0 Å². The Hall–Kier alpha value is -1.98. The minimum Gasteiger partial charge on any atom is -0.497 e. The summed E-state index contributed by atoms with van der Waals surface area (Å²) in [7, 11) is 1.53. The highest BCUT2D eigenvalue weighted by Crippen LogP contribution is 2.29. The lowest BCUT2D eigenvalue weighted by atomic mass is 10.2. The second-order valence-electron chi connectivity index (χ2n) is 3.84. The Kier molecular flexibility index (Phi) is 4.32. The van der Waals surface area contributed by atoms with Crippen LogP contribution < -0.4 is 10.1 Å². The maximum atomic E-state index is 11.0. The summed E-state index contributed by atoms with van der Waals surface area (Å²) in [6.07, 6.45) is 0. The third kappa shape index (κ3) is 3.31. The molecular weight excluding hydrogens is 303 g/mol. The van der Waals surface area contributed by atoms with Crippen molar-refractivity contribution in [3.63, 3.8) is 0 Å². The molecule has 0 spiro atoms. The molecule has 1 heterocycles. The van der Waals surface area contributed by atoms with Crippen LogP contribution in [0.15, 0.2) is 30.3 Å². The van der Waals surface area contributed by atoms with Crippen molar-refractivity contribution < 1.29 is 14.6 Å². The van der Waals surface area contributed by atoms with Gasteiger partial charge in [0.1, 0.15) is 16.7 Å². The number of halogens is 2. The van der Waals surface area contributed by atoms with Crippen molar-refractivity contribution in [3.05, 3.63) is 46.1 Å². The highest BCUT2D eigenvalue weighted by molar-refractivity contribution is 6.33. The van der Waals surface area contributed by atoms with E-state index in [1.165, 1.54) is 19.2 Å². The van der Waals surface area contributed by atoms with Gasteiger partial charge in [-0.25, -0.2) is 9.78 Å². The maximum Gasteiger partial charge on any atom is 0.335 e. The molecule has 1 aromatic heterocycles. The minimum atomic E-state index is -1.09. The van der Waals surface area contributed by atoms with Crippen LogP contribution >= 0.6 is 23.2 Å². The fourth-order valence-corrected chi connectivity index (χ4v) is 1.92. The average Bonchev–Trinajstić information content (AvgIpc) is 2.40. The number of ether oxygens (including phenoxy) is 1. The zero-order valence-corrected chi connectivity index (χ0v) is 11.9. The molecule has 0 aliphatic carbocycles. The summed E-state index contributed by atoms with van der Waals surface area (Å²) in [5.74, 6) is -0.198. The number of pyridine rings is 1. The number of rotatable bonds is 4. The van der Waals surface area contributed by atoms with E-state index in [0.29, 0.717) is 16.5 Å². The van der Waals surface area contributed by atoms with E-state index in [9.17, 15) is 4.79 Å². The molecule has 0 saturated heterocycles. The molecule has 5 nitrogen and oxygen atoms in total.